The largest absolute Gasteiger partial charge is 0.395 e. The van der Waals surface area contributed by atoms with Gasteiger partial charge in [-0.15, -0.1) is 16.9 Å². The molecule has 4 unspecified atom stereocenters. The number of aryl methyl sites for hydroxylation is 2. The predicted molar refractivity (Wildman–Crippen MR) is 105 cm³/mol. The lowest BCUT2D eigenvalue weighted by Crippen LogP contribution is -2.41. The summed E-state index contributed by atoms with van der Waals surface area (Å²) in [6.07, 6.45) is 2.89. The van der Waals surface area contributed by atoms with E-state index in [1.54, 1.807) is 13.1 Å². The monoisotopic (exact) mass is 407 g/mol. The van der Waals surface area contributed by atoms with Crippen LogP contribution in [0.3, 0.4) is 0 Å². The van der Waals surface area contributed by atoms with E-state index in [-0.39, 0.29) is 34.4 Å². The van der Waals surface area contributed by atoms with Gasteiger partial charge in [-0.3, -0.25) is 13.9 Å². The molecule has 1 aliphatic carbocycles. The van der Waals surface area contributed by atoms with Crippen LogP contribution in [0.1, 0.15) is 54.4 Å². The predicted octanol–water partition coefficient (Wildman–Crippen LogP) is 0.213. The Hall–Kier alpha value is -1.91. The smallest absolute Gasteiger partial charge is 0.331 e. The summed E-state index contributed by atoms with van der Waals surface area (Å²) in [7, 11) is 0. The van der Waals surface area contributed by atoms with Gasteiger partial charge < -0.3 is 10.2 Å². The molecule has 1 fully saturated rings. The molecule has 4 rings (SSSR count). The molecule has 10 heteroatoms. The van der Waals surface area contributed by atoms with E-state index in [9.17, 15) is 19.8 Å². The maximum atomic E-state index is 13.0. The topological polar surface area (TPSA) is 115 Å². The molecule has 0 aromatic carbocycles. The number of aliphatic hydroxyl groups is 2. The van der Waals surface area contributed by atoms with E-state index >= 15 is 0 Å². The fourth-order valence-electron chi connectivity index (χ4n) is 3.95. The van der Waals surface area contributed by atoms with Crippen molar-refractivity contribution in [3.63, 3.8) is 0 Å². The fraction of sp³-hybridized carbons (Fsp3) is 0.667. The first-order valence-electron chi connectivity index (χ1n) is 9.66. The average Bonchev–Trinajstić information content (AvgIpc) is 2.98. The van der Waals surface area contributed by atoms with Crippen LogP contribution in [-0.4, -0.2) is 52.3 Å². The minimum atomic E-state index is -0.666. The molecule has 0 bridgehead atoms. The molecular formula is C18H25N5O4S. The number of fused-ring (bicyclic) bond motifs is 1. The van der Waals surface area contributed by atoms with Gasteiger partial charge in [0, 0.05) is 31.3 Å². The highest BCUT2D eigenvalue weighted by Gasteiger charge is 2.40. The van der Waals surface area contributed by atoms with Crippen molar-refractivity contribution in [2.45, 2.75) is 68.8 Å². The number of thioether (sulfide) groups is 1. The number of rotatable bonds is 7. The average molecular weight is 407 g/mol. The summed E-state index contributed by atoms with van der Waals surface area (Å²) in [6.45, 7) is 4.77. The van der Waals surface area contributed by atoms with Gasteiger partial charge in [-0.05, 0) is 19.8 Å². The zero-order valence-electron chi connectivity index (χ0n) is 16.0. The Balaban J connectivity index is 1.54. The van der Waals surface area contributed by atoms with E-state index < -0.39 is 6.10 Å². The third kappa shape index (κ3) is 3.23. The highest BCUT2D eigenvalue weighted by atomic mass is 32.2. The molecular weight excluding hydrogens is 382 g/mol. The van der Waals surface area contributed by atoms with Gasteiger partial charge in [-0.2, -0.15) is 0 Å². The maximum Gasteiger partial charge on any atom is 0.331 e. The van der Waals surface area contributed by atoms with Crippen molar-refractivity contribution >= 4 is 11.8 Å². The SMILES string of the molecule is CCCn1nnc2c1C2CCn1c(=O)c(C)cn(C2CC(O)C(CO)S2)c1=O. The van der Waals surface area contributed by atoms with Gasteiger partial charge in [0.05, 0.1) is 40.6 Å². The standard InChI is InChI=1S/C18H25N5O4S/c1-3-5-23-16-11(15(16)19-20-23)4-6-21-17(26)10(2)8-22(18(21)27)14-7-12(25)13(9-24)28-14/h8,11-14,24-25H,3-7,9H2,1-2H3. The summed E-state index contributed by atoms with van der Waals surface area (Å²) in [4.78, 5) is 25.6. The van der Waals surface area contributed by atoms with E-state index in [4.69, 9.17) is 0 Å². The normalized spacial score (nSPS) is 25.9. The van der Waals surface area contributed by atoms with Crippen molar-refractivity contribution < 1.29 is 10.2 Å². The number of aliphatic hydroxyl groups excluding tert-OH is 2. The number of hydrogen-bond donors (Lipinski definition) is 2. The van der Waals surface area contributed by atoms with Crippen molar-refractivity contribution in [3.05, 3.63) is 44.0 Å². The Morgan fingerprint density at radius 2 is 2.11 bits per heavy atom. The minimum absolute atomic E-state index is 0.141. The Bertz CT molecular complexity index is 997. The molecule has 28 heavy (non-hydrogen) atoms. The molecule has 2 N–H and O–H groups in total. The maximum absolute atomic E-state index is 13.0. The molecule has 0 saturated carbocycles. The molecule has 2 aromatic heterocycles. The zero-order chi connectivity index (χ0) is 20.0. The van der Waals surface area contributed by atoms with Crippen molar-refractivity contribution in [2.75, 3.05) is 6.61 Å². The summed E-state index contributed by atoms with van der Waals surface area (Å²) in [6, 6.07) is 0. The first-order chi connectivity index (χ1) is 13.5. The third-order valence-corrected chi connectivity index (χ3v) is 7.06. The van der Waals surface area contributed by atoms with Gasteiger partial charge in [-0.25, -0.2) is 9.48 Å². The van der Waals surface area contributed by atoms with Crippen LogP contribution < -0.4 is 11.2 Å². The van der Waals surface area contributed by atoms with Crippen LogP contribution in [0.2, 0.25) is 0 Å². The Labute approximate surface area is 166 Å². The minimum Gasteiger partial charge on any atom is -0.395 e. The van der Waals surface area contributed by atoms with E-state index in [0.717, 1.165) is 24.4 Å². The quantitative estimate of drug-likeness (QED) is 0.674. The van der Waals surface area contributed by atoms with E-state index in [1.807, 2.05) is 4.68 Å². The van der Waals surface area contributed by atoms with E-state index in [0.29, 0.717) is 24.9 Å². The van der Waals surface area contributed by atoms with Crippen molar-refractivity contribution in [2.24, 2.45) is 0 Å². The molecule has 1 aliphatic heterocycles. The van der Waals surface area contributed by atoms with Crippen molar-refractivity contribution in [3.8, 4) is 0 Å². The van der Waals surface area contributed by atoms with E-state index in [1.165, 1.54) is 20.9 Å². The van der Waals surface area contributed by atoms with Crippen LogP contribution in [0.5, 0.6) is 0 Å². The van der Waals surface area contributed by atoms with Gasteiger partial charge in [0.25, 0.3) is 5.56 Å². The summed E-state index contributed by atoms with van der Waals surface area (Å²) < 4.78 is 4.71. The lowest BCUT2D eigenvalue weighted by atomic mass is 10.2. The first-order valence-corrected chi connectivity index (χ1v) is 10.6. The Kier molecular flexibility index (Phi) is 5.19. The van der Waals surface area contributed by atoms with Gasteiger partial charge in [0.15, 0.2) is 0 Å². The van der Waals surface area contributed by atoms with Gasteiger partial charge in [0.1, 0.15) is 0 Å². The fourth-order valence-corrected chi connectivity index (χ4v) is 5.32. The van der Waals surface area contributed by atoms with Gasteiger partial charge in [-0.1, -0.05) is 12.1 Å². The van der Waals surface area contributed by atoms with Crippen LogP contribution in [0, 0.1) is 6.92 Å². The highest BCUT2D eigenvalue weighted by molar-refractivity contribution is 8.00. The molecule has 9 nitrogen and oxygen atoms in total. The molecule has 0 spiro atoms. The van der Waals surface area contributed by atoms with Gasteiger partial charge in [0.2, 0.25) is 0 Å². The van der Waals surface area contributed by atoms with Crippen molar-refractivity contribution in [1.29, 1.82) is 0 Å². The summed E-state index contributed by atoms with van der Waals surface area (Å²) in [5.41, 5.74) is 1.92. The van der Waals surface area contributed by atoms with Crippen LogP contribution in [-0.2, 0) is 13.1 Å². The second kappa shape index (κ2) is 7.49. The molecule has 152 valence electrons. The second-order valence-electron chi connectivity index (χ2n) is 7.50. The molecule has 0 amide bonds. The molecule has 0 radical (unpaired) electrons. The molecule has 4 atom stereocenters. The molecule has 3 heterocycles. The van der Waals surface area contributed by atoms with Gasteiger partial charge >= 0.3 is 5.69 Å². The summed E-state index contributed by atoms with van der Waals surface area (Å²) in [5.74, 6) is 0.172. The third-order valence-electron chi connectivity index (χ3n) is 5.52. The van der Waals surface area contributed by atoms with E-state index in [2.05, 4.69) is 17.2 Å². The van der Waals surface area contributed by atoms with Crippen LogP contribution >= 0.6 is 11.8 Å². The Morgan fingerprint density at radius 3 is 2.79 bits per heavy atom. The Morgan fingerprint density at radius 1 is 1.32 bits per heavy atom. The lowest BCUT2D eigenvalue weighted by molar-refractivity contribution is 0.137. The summed E-state index contributed by atoms with van der Waals surface area (Å²) >= 11 is 1.37. The van der Waals surface area contributed by atoms with Crippen LogP contribution in [0.4, 0.5) is 0 Å². The van der Waals surface area contributed by atoms with Crippen LogP contribution in [0.25, 0.3) is 0 Å². The van der Waals surface area contributed by atoms with Crippen LogP contribution in [0.15, 0.2) is 15.8 Å². The molecule has 2 aliphatic rings. The first kappa shape index (κ1) is 19.4. The molecule has 2 aromatic rings. The lowest BCUT2D eigenvalue weighted by Gasteiger charge is -2.16. The highest BCUT2D eigenvalue weighted by Crippen LogP contribution is 2.44. The van der Waals surface area contributed by atoms with Crippen molar-refractivity contribution in [1.82, 2.24) is 24.1 Å². The number of aromatic nitrogens is 5. The zero-order valence-corrected chi connectivity index (χ0v) is 16.8. The number of nitrogens with zero attached hydrogens (tertiary/aromatic N) is 5. The summed E-state index contributed by atoms with van der Waals surface area (Å²) in [5, 5.41) is 27.1. The number of hydrogen-bond acceptors (Lipinski definition) is 7. The molecule has 1 saturated heterocycles. The second-order valence-corrected chi connectivity index (χ2v) is 8.92.